The number of carbonyl (C=O) groups excluding carboxylic acids is 1. The number of fused-ring (bicyclic) bond motifs is 1. The molecule has 0 aliphatic carbocycles. The molecule has 1 fully saturated rings. The number of nitrogens with zero attached hydrogens (tertiary/aromatic N) is 6. The molecule has 38 heavy (non-hydrogen) atoms. The number of benzene rings is 1. The third-order valence-corrected chi connectivity index (χ3v) is 6.53. The molecule has 2 N–H and O–H groups in total. The lowest BCUT2D eigenvalue weighted by Gasteiger charge is -2.50. The molecule has 1 unspecified atom stereocenters. The number of anilines is 1. The van der Waals surface area contributed by atoms with Gasteiger partial charge in [-0.3, -0.25) is 9.48 Å². The molecule has 1 atom stereocenters. The average Bonchev–Trinajstić information content (AvgIpc) is 3.52. The molecular weight excluding hydrogens is 511 g/mol. The van der Waals surface area contributed by atoms with Crippen LogP contribution in [0.5, 0.6) is 0 Å². The van der Waals surface area contributed by atoms with Gasteiger partial charge < -0.3 is 15.2 Å². The molecule has 1 amide bonds. The fourth-order valence-corrected chi connectivity index (χ4v) is 4.44. The average molecular weight is 530 g/mol. The second-order valence-electron chi connectivity index (χ2n) is 9.07. The van der Waals surface area contributed by atoms with Gasteiger partial charge in [0.25, 0.3) is 5.91 Å². The van der Waals surface area contributed by atoms with Gasteiger partial charge in [-0.1, -0.05) is 0 Å². The zero-order chi connectivity index (χ0) is 27.2. The first kappa shape index (κ1) is 25.1. The Labute approximate surface area is 211 Å². The van der Waals surface area contributed by atoms with E-state index in [1.54, 1.807) is 28.6 Å². The summed E-state index contributed by atoms with van der Waals surface area (Å²) in [5, 5.41) is 16.3. The highest BCUT2D eigenvalue weighted by Gasteiger charge is 2.47. The number of rotatable bonds is 6. The zero-order valence-electron chi connectivity index (χ0n) is 19.7. The van der Waals surface area contributed by atoms with Crippen LogP contribution in [0.1, 0.15) is 23.7 Å². The van der Waals surface area contributed by atoms with E-state index in [0.717, 1.165) is 11.5 Å². The predicted octanol–water partition coefficient (Wildman–Crippen LogP) is 3.91. The van der Waals surface area contributed by atoms with Crippen LogP contribution in [-0.2, 0) is 5.54 Å². The van der Waals surface area contributed by atoms with E-state index in [1.165, 1.54) is 11.2 Å². The second-order valence-corrected chi connectivity index (χ2v) is 9.07. The summed E-state index contributed by atoms with van der Waals surface area (Å²) in [6, 6.07) is 3.01. The Bertz CT molecular complexity index is 1560. The molecule has 0 radical (unpaired) electrons. The maximum atomic E-state index is 14.9. The Hall–Kier alpha value is -4.54. The molecule has 1 aliphatic rings. The standard InChI is InChI=1S/C24H19F5N8O/c1-13(24(27,28)29)35-22(38)16-6-18(26)19(7-17(16)25)36-10-23(11-36,3-4-30)37-9-14(8-34-37)20-15-2-5-31-21(15)33-12-32-20/h2,5-9,12-13H,3,10-11H2,1H3,(H,35,38)(H,31,32,33). The van der Waals surface area contributed by atoms with Crippen molar-refractivity contribution in [3.63, 3.8) is 0 Å². The van der Waals surface area contributed by atoms with Crippen molar-refractivity contribution in [1.29, 1.82) is 5.26 Å². The van der Waals surface area contributed by atoms with Crippen LogP contribution >= 0.6 is 0 Å². The monoisotopic (exact) mass is 530 g/mol. The van der Waals surface area contributed by atoms with Crippen LogP contribution in [0.3, 0.4) is 0 Å². The Kier molecular flexibility index (Phi) is 6.01. The largest absolute Gasteiger partial charge is 0.408 e. The topological polar surface area (TPSA) is 116 Å². The van der Waals surface area contributed by atoms with Crippen LogP contribution < -0.4 is 10.2 Å². The summed E-state index contributed by atoms with van der Waals surface area (Å²) in [5.74, 6) is -3.55. The molecule has 4 aromatic rings. The number of carbonyl (C=O) groups is 1. The summed E-state index contributed by atoms with van der Waals surface area (Å²) in [4.78, 5) is 25.1. The van der Waals surface area contributed by atoms with E-state index in [4.69, 9.17) is 0 Å². The van der Waals surface area contributed by atoms with Crippen LogP contribution in [0.15, 0.2) is 43.1 Å². The molecule has 1 aliphatic heterocycles. The van der Waals surface area contributed by atoms with Gasteiger partial charge in [0, 0.05) is 42.5 Å². The van der Waals surface area contributed by atoms with E-state index in [2.05, 4.69) is 26.1 Å². The Morgan fingerprint density at radius 3 is 2.74 bits per heavy atom. The van der Waals surface area contributed by atoms with Crippen molar-refractivity contribution in [3.05, 3.63) is 60.3 Å². The van der Waals surface area contributed by atoms with E-state index >= 15 is 0 Å². The third kappa shape index (κ3) is 4.29. The van der Waals surface area contributed by atoms with Crippen LogP contribution in [-0.4, -0.2) is 55.9 Å². The minimum absolute atomic E-state index is 0.0217. The van der Waals surface area contributed by atoms with Gasteiger partial charge in [0.15, 0.2) is 0 Å². The normalized spacial score (nSPS) is 15.7. The fraction of sp³-hybridized carbons (Fsp3) is 0.292. The third-order valence-electron chi connectivity index (χ3n) is 6.53. The van der Waals surface area contributed by atoms with E-state index in [1.807, 2.05) is 6.07 Å². The molecule has 0 spiro atoms. The molecular formula is C24H19F5N8O. The van der Waals surface area contributed by atoms with E-state index in [9.17, 15) is 32.0 Å². The van der Waals surface area contributed by atoms with Gasteiger partial charge >= 0.3 is 6.18 Å². The van der Waals surface area contributed by atoms with Crippen molar-refractivity contribution >= 4 is 22.6 Å². The maximum absolute atomic E-state index is 14.9. The maximum Gasteiger partial charge on any atom is 0.408 e. The summed E-state index contributed by atoms with van der Waals surface area (Å²) in [5.41, 5.74) is 0.0728. The molecule has 0 bridgehead atoms. The number of hydrogen-bond donors (Lipinski definition) is 2. The van der Waals surface area contributed by atoms with Crippen LogP contribution in [0.25, 0.3) is 22.3 Å². The fourth-order valence-electron chi connectivity index (χ4n) is 4.44. The lowest BCUT2D eigenvalue weighted by molar-refractivity contribution is -0.149. The van der Waals surface area contributed by atoms with Crippen LogP contribution in [0.4, 0.5) is 27.6 Å². The summed E-state index contributed by atoms with van der Waals surface area (Å²) in [7, 11) is 0. The SMILES string of the molecule is CC(NC(=O)c1cc(F)c(N2CC(CC#N)(n3cc(-c4ncnc5[nH]ccc45)cn3)C2)cc1F)C(F)(F)F. The Morgan fingerprint density at radius 1 is 1.26 bits per heavy atom. The van der Waals surface area contributed by atoms with Gasteiger partial charge in [0.2, 0.25) is 0 Å². The number of alkyl halides is 3. The highest BCUT2D eigenvalue weighted by molar-refractivity contribution is 5.95. The zero-order valence-corrected chi connectivity index (χ0v) is 19.7. The summed E-state index contributed by atoms with van der Waals surface area (Å²) in [6.45, 7) is 0.887. The number of nitrogens with one attached hydrogen (secondary N) is 2. The van der Waals surface area contributed by atoms with Gasteiger partial charge in [-0.05, 0) is 19.1 Å². The van der Waals surface area contributed by atoms with Crippen molar-refractivity contribution in [2.75, 3.05) is 18.0 Å². The minimum Gasteiger partial charge on any atom is -0.364 e. The van der Waals surface area contributed by atoms with E-state index in [0.29, 0.717) is 29.9 Å². The number of hydrogen-bond acceptors (Lipinski definition) is 6. The van der Waals surface area contributed by atoms with Gasteiger partial charge in [-0.25, -0.2) is 18.7 Å². The summed E-state index contributed by atoms with van der Waals surface area (Å²) >= 11 is 0. The lowest BCUT2D eigenvalue weighted by atomic mass is 9.86. The van der Waals surface area contributed by atoms with E-state index < -0.39 is 40.9 Å². The van der Waals surface area contributed by atoms with Crippen molar-refractivity contribution in [1.82, 2.24) is 30.0 Å². The van der Waals surface area contributed by atoms with Gasteiger partial charge in [0.05, 0.1) is 35.6 Å². The van der Waals surface area contributed by atoms with Crippen molar-refractivity contribution in [2.45, 2.75) is 31.1 Å². The molecule has 0 saturated carbocycles. The molecule has 4 heterocycles. The van der Waals surface area contributed by atoms with Crippen molar-refractivity contribution in [3.8, 4) is 17.3 Å². The number of H-pyrrole nitrogens is 1. The first-order chi connectivity index (χ1) is 18.0. The molecule has 5 rings (SSSR count). The Morgan fingerprint density at radius 2 is 2.03 bits per heavy atom. The molecule has 1 aromatic carbocycles. The highest BCUT2D eigenvalue weighted by atomic mass is 19.4. The van der Waals surface area contributed by atoms with Crippen LogP contribution in [0.2, 0.25) is 0 Å². The summed E-state index contributed by atoms with van der Waals surface area (Å²) in [6.07, 6.45) is 1.73. The molecule has 14 heteroatoms. The van der Waals surface area contributed by atoms with Crippen molar-refractivity contribution < 1.29 is 26.7 Å². The second kappa shape index (κ2) is 9.09. The van der Waals surface area contributed by atoms with Gasteiger partial charge in [-0.15, -0.1) is 0 Å². The molecule has 3 aromatic heterocycles. The number of aromatic amines is 1. The molecule has 196 valence electrons. The molecule has 9 nitrogen and oxygen atoms in total. The summed E-state index contributed by atoms with van der Waals surface area (Å²) < 4.78 is 69.4. The number of nitriles is 1. The number of amides is 1. The van der Waals surface area contributed by atoms with Gasteiger partial charge in [0.1, 0.15) is 35.2 Å². The molecule has 1 saturated heterocycles. The number of aromatic nitrogens is 5. The van der Waals surface area contributed by atoms with Crippen molar-refractivity contribution in [2.24, 2.45) is 0 Å². The van der Waals surface area contributed by atoms with Gasteiger partial charge in [-0.2, -0.15) is 23.5 Å². The first-order valence-corrected chi connectivity index (χ1v) is 11.3. The van der Waals surface area contributed by atoms with E-state index in [-0.39, 0.29) is 25.2 Å². The minimum atomic E-state index is -4.74. The smallest absolute Gasteiger partial charge is 0.364 e. The lowest BCUT2D eigenvalue weighted by Crippen LogP contribution is -2.63. The van der Waals surface area contributed by atoms with Crippen LogP contribution in [0, 0.1) is 23.0 Å². The predicted molar refractivity (Wildman–Crippen MR) is 125 cm³/mol. The first-order valence-electron chi connectivity index (χ1n) is 11.3. The highest BCUT2D eigenvalue weighted by Crippen LogP contribution is 2.38. The Balaban J connectivity index is 1.37. The number of halogens is 5. The quantitative estimate of drug-likeness (QED) is 0.366.